The second-order valence-electron chi connectivity index (χ2n) is 6.29. The van der Waals surface area contributed by atoms with Crippen LogP contribution in [0.4, 0.5) is 5.69 Å². The van der Waals surface area contributed by atoms with E-state index in [0.29, 0.717) is 6.04 Å². The van der Waals surface area contributed by atoms with Crippen molar-refractivity contribution in [2.24, 2.45) is 0 Å². The lowest BCUT2D eigenvalue weighted by Crippen LogP contribution is -2.17. The number of anilines is 1. The fourth-order valence-corrected chi connectivity index (χ4v) is 3.40. The zero-order chi connectivity index (χ0) is 17.3. The van der Waals surface area contributed by atoms with Crippen LogP contribution in [0.15, 0.2) is 36.4 Å². The van der Waals surface area contributed by atoms with E-state index in [0.717, 1.165) is 51.6 Å². The lowest BCUT2D eigenvalue weighted by Gasteiger charge is -2.16. The summed E-state index contributed by atoms with van der Waals surface area (Å²) in [5.74, 6) is 0. The molecular weight excluding hydrogens is 318 g/mol. The number of rotatable bonds is 5. The van der Waals surface area contributed by atoms with Crippen molar-refractivity contribution >= 4 is 22.8 Å². The van der Waals surface area contributed by atoms with Crippen molar-refractivity contribution < 1.29 is 0 Å². The predicted octanol–water partition coefficient (Wildman–Crippen LogP) is 5.87. The first kappa shape index (κ1) is 16.8. The van der Waals surface area contributed by atoms with Crippen LogP contribution in [0.25, 0.3) is 16.8 Å². The monoisotopic (exact) mass is 341 g/mol. The molecule has 3 aromatic rings. The van der Waals surface area contributed by atoms with Crippen molar-refractivity contribution in [1.82, 2.24) is 9.61 Å². The van der Waals surface area contributed by atoms with Crippen LogP contribution in [0.1, 0.15) is 37.9 Å². The molecular formula is C20H24ClN3. The summed E-state index contributed by atoms with van der Waals surface area (Å²) in [6.45, 7) is 8.57. The fraction of sp³-hybridized carbons (Fsp3) is 0.350. The molecule has 0 aliphatic carbocycles. The highest BCUT2D eigenvalue weighted by Gasteiger charge is 2.15. The minimum Gasteiger partial charge on any atom is -0.379 e. The molecule has 0 aliphatic rings. The van der Waals surface area contributed by atoms with E-state index >= 15 is 0 Å². The van der Waals surface area contributed by atoms with Gasteiger partial charge in [-0.1, -0.05) is 37.6 Å². The highest BCUT2D eigenvalue weighted by molar-refractivity contribution is 6.30. The van der Waals surface area contributed by atoms with Crippen LogP contribution < -0.4 is 5.32 Å². The Labute approximate surface area is 148 Å². The summed E-state index contributed by atoms with van der Waals surface area (Å²) in [5, 5.41) is 9.22. The van der Waals surface area contributed by atoms with E-state index in [-0.39, 0.29) is 0 Å². The minimum absolute atomic E-state index is 0.470. The van der Waals surface area contributed by atoms with Gasteiger partial charge < -0.3 is 5.32 Å². The summed E-state index contributed by atoms with van der Waals surface area (Å²) in [7, 11) is 0. The Morgan fingerprint density at radius 2 is 1.88 bits per heavy atom. The summed E-state index contributed by atoms with van der Waals surface area (Å²) >= 11 is 6.11. The molecule has 0 unspecified atom stereocenters. The molecule has 0 bridgehead atoms. The Kier molecular flexibility index (Phi) is 4.81. The maximum absolute atomic E-state index is 6.11. The molecule has 126 valence electrons. The average molecular weight is 342 g/mol. The summed E-state index contributed by atoms with van der Waals surface area (Å²) in [6.07, 6.45) is 2.20. The van der Waals surface area contributed by atoms with E-state index < -0.39 is 0 Å². The number of aryl methyl sites for hydroxylation is 2. The van der Waals surface area contributed by atoms with Gasteiger partial charge in [0.1, 0.15) is 0 Å². The van der Waals surface area contributed by atoms with Crippen LogP contribution in [-0.4, -0.2) is 15.7 Å². The van der Waals surface area contributed by atoms with Gasteiger partial charge in [0, 0.05) is 16.6 Å². The normalized spacial score (nSPS) is 11.4. The molecule has 3 nitrogen and oxygen atoms in total. The number of aromatic nitrogens is 2. The Bertz CT molecular complexity index is 863. The number of benzene rings is 1. The van der Waals surface area contributed by atoms with Crippen molar-refractivity contribution in [3.8, 4) is 11.3 Å². The van der Waals surface area contributed by atoms with Gasteiger partial charge in [-0.15, -0.1) is 0 Å². The van der Waals surface area contributed by atoms with Gasteiger partial charge in [0.05, 0.1) is 22.6 Å². The standard InChI is InChI=1S/C20H24ClN3/c1-5-16(6-2)22-20-14(4)23-24-18(8-7-9-19(20)24)17-11-10-15(21)12-13(17)3/h7-12,16,22H,5-6H2,1-4H3. The fourth-order valence-electron chi connectivity index (χ4n) is 3.18. The first-order valence-corrected chi connectivity index (χ1v) is 8.94. The van der Waals surface area contributed by atoms with Crippen molar-refractivity contribution in [2.75, 3.05) is 5.32 Å². The number of nitrogens with zero attached hydrogens (tertiary/aromatic N) is 2. The molecule has 24 heavy (non-hydrogen) atoms. The minimum atomic E-state index is 0.470. The Morgan fingerprint density at radius 3 is 2.54 bits per heavy atom. The highest BCUT2D eigenvalue weighted by Crippen LogP contribution is 2.30. The molecule has 2 aromatic heterocycles. The molecule has 2 heterocycles. The molecule has 0 saturated carbocycles. The van der Waals surface area contributed by atoms with E-state index in [2.05, 4.69) is 57.3 Å². The number of hydrogen-bond acceptors (Lipinski definition) is 2. The van der Waals surface area contributed by atoms with Crippen LogP contribution in [-0.2, 0) is 0 Å². The van der Waals surface area contributed by atoms with Crippen LogP contribution >= 0.6 is 11.6 Å². The molecule has 3 rings (SSSR count). The van der Waals surface area contributed by atoms with Gasteiger partial charge in [-0.05, 0) is 56.5 Å². The van der Waals surface area contributed by atoms with Gasteiger partial charge in [0.25, 0.3) is 0 Å². The summed E-state index contributed by atoms with van der Waals surface area (Å²) in [4.78, 5) is 0. The van der Waals surface area contributed by atoms with Gasteiger partial charge in [-0.2, -0.15) is 5.10 Å². The van der Waals surface area contributed by atoms with E-state index in [1.54, 1.807) is 0 Å². The maximum atomic E-state index is 6.11. The number of hydrogen-bond donors (Lipinski definition) is 1. The zero-order valence-corrected chi connectivity index (χ0v) is 15.5. The molecule has 1 aromatic carbocycles. The first-order chi connectivity index (χ1) is 11.5. The predicted molar refractivity (Wildman–Crippen MR) is 103 cm³/mol. The number of pyridine rings is 1. The molecule has 0 radical (unpaired) electrons. The van der Waals surface area contributed by atoms with Crippen LogP contribution in [0.3, 0.4) is 0 Å². The van der Waals surface area contributed by atoms with Crippen molar-refractivity contribution in [1.29, 1.82) is 0 Å². The quantitative estimate of drug-likeness (QED) is 0.628. The number of nitrogens with one attached hydrogen (secondary N) is 1. The van der Waals surface area contributed by atoms with Gasteiger partial charge >= 0.3 is 0 Å². The Hall–Kier alpha value is -2.00. The second kappa shape index (κ2) is 6.86. The first-order valence-electron chi connectivity index (χ1n) is 8.56. The molecule has 0 fully saturated rings. The van der Waals surface area contributed by atoms with Crippen LogP contribution in [0.5, 0.6) is 0 Å². The molecule has 0 atom stereocenters. The number of halogens is 1. The summed E-state index contributed by atoms with van der Waals surface area (Å²) in [5.41, 5.74) is 6.67. The molecule has 0 spiro atoms. The van der Waals surface area contributed by atoms with Crippen molar-refractivity contribution in [3.05, 3.63) is 52.7 Å². The Morgan fingerprint density at radius 1 is 1.12 bits per heavy atom. The lowest BCUT2D eigenvalue weighted by molar-refractivity contribution is 0.672. The smallest absolute Gasteiger partial charge is 0.0903 e. The Balaban J connectivity index is 2.15. The van der Waals surface area contributed by atoms with E-state index in [4.69, 9.17) is 16.7 Å². The van der Waals surface area contributed by atoms with Crippen LogP contribution in [0.2, 0.25) is 5.02 Å². The van der Waals surface area contributed by atoms with E-state index in [1.165, 1.54) is 0 Å². The summed E-state index contributed by atoms with van der Waals surface area (Å²) in [6, 6.07) is 12.8. The van der Waals surface area contributed by atoms with E-state index in [1.807, 2.05) is 16.6 Å². The van der Waals surface area contributed by atoms with Crippen molar-refractivity contribution in [3.63, 3.8) is 0 Å². The molecule has 0 amide bonds. The third kappa shape index (κ3) is 3.01. The second-order valence-corrected chi connectivity index (χ2v) is 6.72. The zero-order valence-electron chi connectivity index (χ0n) is 14.7. The molecule has 4 heteroatoms. The van der Waals surface area contributed by atoms with Gasteiger partial charge in [-0.3, -0.25) is 0 Å². The topological polar surface area (TPSA) is 29.3 Å². The summed E-state index contributed by atoms with van der Waals surface area (Å²) < 4.78 is 2.04. The SMILES string of the molecule is CCC(CC)Nc1c(C)nn2c(-c3ccc(Cl)cc3C)cccc12. The largest absolute Gasteiger partial charge is 0.379 e. The van der Waals surface area contributed by atoms with E-state index in [9.17, 15) is 0 Å². The average Bonchev–Trinajstić information content (AvgIpc) is 2.88. The van der Waals surface area contributed by atoms with Gasteiger partial charge in [-0.25, -0.2) is 4.52 Å². The van der Waals surface area contributed by atoms with Gasteiger partial charge in [0.15, 0.2) is 0 Å². The highest BCUT2D eigenvalue weighted by atomic mass is 35.5. The maximum Gasteiger partial charge on any atom is 0.0903 e. The van der Waals surface area contributed by atoms with Crippen molar-refractivity contribution in [2.45, 2.75) is 46.6 Å². The van der Waals surface area contributed by atoms with Gasteiger partial charge in [0.2, 0.25) is 0 Å². The molecule has 1 N–H and O–H groups in total. The third-order valence-electron chi connectivity index (χ3n) is 4.63. The molecule has 0 saturated heterocycles. The molecule has 0 aliphatic heterocycles. The third-order valence-corrected chi connectivity index (χ3v) is 4.87. The van der Waals surface area contributed by atoms with Crippen LogP contribution in [0, 0.1) is 13.8 Å². The number of fused-ring (bicyclic) bond motifs is 1. The lowest BCUT2D eigenvalue weighted by atomic mass is 10.0.